The van der Waals surface area contributed by atoms with Crippen LogP contribution in [0.4, 0.5) is 5.82 Å². The Bertz CT molecular complexity index is 556. The highest BCUT2D eigenvalue weighted by molar-refractivity contribution is 7.10. The zero-order valence-corrected chi connectivity index (χ0v) is 11.2. The monoisotopic (exact) mass is 277 g/mol. The first-order valence-corrected chi connectivity index (χ1v) is 6.71. The van der Waals surface area contributed by atoms with E-state index in [1.807, 2.05) is 30.3 Å². The third-order valence-corrected chi connectivity index (χ3v) is 3.61. The number of hydrogen-bond donors (Lipinski definition) is 3. The summed E-state index contributed by atoms with van der Waals surface area (Å²) in [6.45, 7) is 1.57. The van der Waals surface area contributed by atoms with Crippen molar-refractivity contribution >= 4 is 23.1 Å². The van der Waals surface area contributed by atoms with Gasteiger partial charge >= 0.3 is 5.97 Å². The van der Waals surface area contributed by atoms with Gasteiger partial charge in [-0.1, -0.05) is 30.3 Å². The van der Waals surface area contributed by atoms with Gasteiger partial charge in [0.15, 0.2) is 0 Å². The summed E-state index contributed by atoms with van der Waals surface area (Å²) in [5, 5.41) is 14.2. The van der Waals surface area contributed by atoms with E-state index in [1.165, 1.54) is 11.3 Å². The van der Waals surface area contributed by atoms with Gasteiger partial charge in [0.05, 0.1) is 6.04 Å². The maximum absolute atomic E-state index is 10.8. The molecule has 0 fully saturated rings. The average Bonchev–Trinajstić information content (AvgIpc) is 2.87. The van der Waals surface area contributed by atoms with E-state index < -0.39 is 12.0 Å². The van der Waals surface area contributed by atoms with Crippen molar-refractivity contribution in [2.45, 2.75) is 19.0 Å². The molecule has 2 atom stereocenters. The molecule has 4 N–H and O–H groups in total. The predicted molar refractivity (Wildman–Crippen MR) is 75.3 cm³/mol. The molecule has 2 aromatic rings. The first-order valence-electron chi connectivity index (χ1n) is 5.83. The van der Waals surface area contributed by atoms with Crippen LogP contribution in [0.5, 0.6) is 0 Å². The number of anilines is 1. The molecule has 0 spiro atoms. The fraction of sp³-hybridized carbons (Fsp3) is 0.231. The number of aliphatic carboxylic acids is 1. The number of nitrogens with zero attached hydrogens (tertiary/aromatic N) is 1. The van der Waals surface area contributed by atoms with E-state index in [9.17, 15) is 4.79 Å². The van der Waals surface area contributed by atoms with Gasteiger partial charge in [-0.05, 0) is 12.5 Å². The molecular formula is C13H15N3O2S. The number of carboxylic acids is 1. The molecule has 2 rings (SSSR count). The van der Waals surface area contributed by atoms with Crippen molar-refractivity contribution < 1.29 is 9.90 Å². The smallest absolute Gasteiger partial charge is 0.325 e. The van der Waals surface area contributed by atoms with E-state index in [1.54, 1.807) is 12.3 Å². The molecule has 1 unspecified atom stereocenters. The highest BCUT2D eigenvalue weighted by atomic mass is 32.1. The first-order chi connectivity index (χ1) is 9.08. The van der Waals surface area contributed by atoms with E-state index in [4.69, 9.17) is 10.8 Å². The van der Waals surface area contributed by atoms with Crippen LogP contribution in [0.15, 0.2) is 35.7 Å². The van der Waals surface area contributed by atoms with Crippen LogP contribution in [0.2, 0.25) is 0 Å². The van der Waals surface area contributed by atoms with Crippen molar-refractivity contribution in [3.8, 4) is 0 Å². The van der Waals surface area contributed by atoms with E-state index >= 15 is 0 Å². The molecule has 5 nitrogen and oxygen atoms in total. The lowest BCUT2D eigenvalue weighted by atomic mass is 10.1. The van der Waals surface area contributed by atoms with Crippen LogP contribution in [0.1, 0.15) is 23.5 Å². The molecule has 100 valence electrons. The molecule has 0 saturated heterocycles. The average molecular weight is 277 g/mol. The summed E-state index contributed by atoms with van der Waals surface area (Å²) < 4.78 is 0. The summed E-state index contributed by atoms with van der Waals surface area (Å²) in [6, 6.07) is 8.70. The minimum atomic E-state index is -0.915. The SMILES string of the molecule is C[C@H](Nc1csc(C(N)c2ccccc2)n1)C(=O)O. The van der Waals surface area contributed by atoms with Crippen LogP contribution in [0.25, 0.3) is 0 Å². The van der Waals surface area contributed by atoms with Gasteiger partial charge in [0.25, 0.3) is 0 Å². The van der Waals surface area contributed by atoms with Gasteiger partial charge in [0.1, 0.15) is 16.9 Å². The number of hydrogen-bond acceptors (Lipinski definition) is 5. The number of aromatic nitrogens is 1. The van der Waals surface area contributed by atoms with E-state index in [2.05, 4.69) is 10.3 Å². The number of thiazole rings is 1. The minimum Gasteiger partial charge on any atom is -0.480 e. The van der Waals surface area contributed by atoms with Gasteiger partial charge in [-0.15, -0.1) is 11.3 Å². The van der Waals surface area contributed by atoms with Gasteiger partial charge in [0.2, 0.25) is 0 Å². The lowest BCUT2D eigenvalue weighted by Crippen LogP contribution is -2.25. The molecule has 0 aliphatic carbocycles. The number of nitrogens with two attached hydrogens (primary N) is 1. The van der Waals surface area contributed by atoms with Crippen LogP contribution >= 0.6 is 11.3 Å². The second-order valence-corrected chi connectivity index (χ2v) is 5.05. The molecule has 0 aliphatic heterocycles. The predicted octanol–water partition coefficient (Wildman–Crippen LogP) is 2.08. The minimum absolute atomic E-state index is 0.290. The van der Waals surface area contributed by atoms with E-state index in [-0.39, 0.29) is 6.04 Å². The van der Waals surface area contributed by atoms with Crippen molar-refractivity contribution in [1.29, 1.82) is 0 Å². The van der Waals surface area contributed by atoms with E-state index in [0.29, 0.717) is 5.82 Å². The second-order valence-electron chi connectivity index (χ2n) is 4.16. The lowest BCUT2D eigenvalue weighted by molar-refractivity contribution is -0.137. The molecular weight excluding hydrogens is 262 g/mol. The van der Waals surface area contributed by atoms with Crippen molar-refractivity contribution in [1.82, 2.24) is 4.98 Å². The van der Waals surface area contributed by atoms with Gasteiger partial charge in [-0.25, -0.2) is 4.98 Å². The molecule has 0 bridgehead atoms. The van der Waals surface area contributed by atoms with Gasteiger partial charge in [-0.3, -0.25) is 4.79 Å². The van der Waals surface area contributed by atoms with Crippen molar-refractivity contribution in [2.75, 3.05) is 5.32 Å². The van der Waals surface area contributed by atoms with Crippen LogP contribution in [0, 0.1) is 0 Å². The Morgan fingerprint density at radius 1 is 1.42 bits per heavy atom. The summed E-state index contributed by atoms with van der Waals surface area (Å²) in [7, 11) is 0. The molecule has 0 radical (unpaired) electrons. The number of rotatable bonds is 5. The number of benzene rings is 1. The molecule has 19 heavy (non-hydrogen) atoms. The third kappa shape index (κ3) is 3.30. The number of carboxylic acid groups (broad SMARTS) is 1. The Morgan fingerprint density at radius 3 is 2.74 bits per heavy atom. The Balaban J connectivity index is 2.11. The van der Waals surface area contributed by atoms with E-state index in [0.717, 1.165) is 10.6 Å². The third-order valence-electron chi connectivity index (χ3n) is 2.68. The van der Waals surface area contributed by atoms with Gasteiger partial charge in [-0.2, -0.15) is 0 Å². The van der Waals surface area contributed by atoms with Gasteiger partial charge in [0, 0.05) is 5.38 Å². The summed E-state index contributed by atoms with van der Waals surface area (Å²) in [5.74, 6) is -0.372. The summed E-state index contributed by atoms with van der Waals surface area (Å²) in [4.78, 5) is 15.1. The van der Waals surface area contributed by atoms with Crippen LogP contribution in [-0.4, -0.2) is 22.1 Å². The highest BCUT2D eigenvalue weighted by Crippen LogP contribution is 2.24. The zero-order chi connectivity index (χ0) is 13.8. The Kier molecular flexibility index (Phi) is 4.13. The van der Waals surface area contributed by atoms with Crippen LogP contribution in [-0.2, 0) is 4.79 Å². The lowest BCUT2D eigenvalue weighted by Gasteiger charge is -2.09. The van der Waals surface area contributed by atoms with Crippen molar-refractivity contribution in [2.24, 2.45) is 5.73 Å². The summed E-state index contributed by atoms with van der Waals surface area (Å²) in [5.41, 5.74) is 7.11. The van der Waals surface area contributed by atoms with Crippen LogP contribution in [0.3, 0.4) is 0 Å². The summed E-state index contributed by atoms with van der Waals surface area (Å²) >= 11 is 1.41. The fourth-order valence-electron chi connectivity index (χ4n) is 1.58. The first kappa shape index (κ1) is 13.5. The molecule has 1 aromatic carbocycles. The Hall–Kier alpha value is -1.92. The normalized spacial score (nSPS) is 13.8. The number of nitrogens with one attached hydrogen (secondary N) is 1. The maximum Gasteiger partial charge on any atom is 0.325 e. The molecule has 6 heteroatoms. The molecule has 1 aromatic heterocycles. The standard InChI is InChI=1S/C13H15N3O2S/c1-8(13(17)18)15-10-7-19-12(16-10)11(14)9-5-3-2-4-6-9/h2-8,11,15H,14H2,1H3,(H,17,18)/t8-,11?/m0/s1. The second kappa shape index (κ2) is 5.81. The zero-order valence-electron chi connectivity index (χ0n) is 10.4. The molecule has 1 heterocycles. The van der Waals surface area contributed by atoms with Crippen LogP contribution < -0.4 is 11.1 Å². The molecule has 0 saturated carbocycles. The maximum atomic E-state index is 10.8. The van der Waals surface area contributed by atoms with Gasteiger partial charge < -0.3 is 16.2 Å². The summed E-state index contributed by atoms with van der Waals surface area (Å²) in [6.07, 6.45) is 0. The highest BCUT2D eigenvalue weighted by Gasteiger charge is 2.15. The topological polar surface area (TPSA) is 88.2 Å². The number of carbonyl (C=O) groups is 1. The largest absolute Gasteiger partial charge is 0.480 e. The fourth-order valence-corrected chi connectivity index (χ4v) is 2.37. The molecule has 0 amide bonds. The van der Waals surface area contributed by atoms with Crippen molar-refractivity contribution in [3.63, 3.8) is 0 Å². The van der Waals surface area contributed by atoms with Crippen molar-refractivity contribution in [3.05, 3.63) is 46.3 Å². The quantitative estimate of drug-likeness (QED) is 0.778. The Morgan fingerprint density at radius 2 is 2.11 bits per heavy atom. The molecule has 0 aliphatic rings. The Labute approximate surface area is 115 Å².